The Labute approximate surface area is 114 Å². The van der Waals surface area contributed by atoms with Gasteiger partial charge in [0.15, 0.2) is 0 Å². The van der Waals surface area contributed by atoms with Gasteiger partial charge in [0.05, 0.1) is 0 Å². The molecule has 0 heterocycles. The number of nitrogen functional groups attached to an aromatic ring is 1. The largest absolute Gasteiger partial charge is 0.399 e. The molecule has 2 rings (SSSR count). The maximum absolute atomic E-state index is 12.0. The first-order valence-corrected chi connectivity index (χ1v) is 6.28. The minimum Gasteiger partial charge on any atom is -0.399 e. The summed E-state index contributed by atoms with van der Waals surface area (Å²) in [4.78, 5) is 12.0. The topological polar surface area (TPSA) is 55.1 Å². The average molecular weight is 305 g/mol. The molecule has 0 aromatic heterocycles. The van der Waals surface area contributed by atoms with Gasteiger partial charge in [0.1, 0.15) is 0 Å². The summed E-state index contributed by atoms with van der Waals surface area (Å²) in [7, 11) is 0. The fourth-order valence-corrected chi connectivity index (χ4v) is 1.81. The molecule has 0 saturated carbocycles. The molecule has 0 spiro atoms. The molecule has 0 aliphatic carbocycles. The lowest BCUT2D eigenvalue weighted by Crippen LogP contribution is -2.11. The molecule has 0 aliphatic rings. The molecule has 0 atom stereocenters. The SMILES string of the molecule is Cc1cc(NC(=O)c2ccc(N)cc2)ccc1Br. The summed E-state index contributed by atoms with van der Waals surface area (Å²) in [5.74, 6) is -0.142. The minimum atomic E-state index is -0.142. The average Bonchev–Trinajstić information content (AvgIpc) is 2.34. The van der Waals surface area contributed by atoms with Crippen LogP contribution in [0.15, 0.2) is 46.9 Å². The van der Waals surface area contributed by atoms with Gasteiger partial charge in [0.2, 0.25) is 0 Å². The number of benzene rings is 2. The second kappa shape index (κ2) is 5.23. The highest BCUT2D eigenvalue weighted by atomic mass is 79.9. The lowest BCUT2D eigenvalue weighted by atomic mass is 10.2. The molecule has 2 aromatic carbocycles. The van der Waals surface area contributed by atoms with Crippen LogP contribution in [0.3, 0.4) is 0 Å². The number of carbonyl (C=O) groups excluding carboxylic acids is 1. The van der Waals surface area contributed by atoms with E-state index in [1.807, 2.05) is 25.1 Å². The van der Waals surface area contributed by atoms with Gasteiger partial charge in [-0.25, -0.2) is 0 Å². The van der Waals surface area contributed by atoms with Crippen LogP contribution in [0.1, 0.15) is 15.9 Å². The summed E-state index contributed by atoms with van der Waals surface area (Å²) < 4.78 is 1.02. The van der Waals surface area contributed by atoms with Crippen molar-refractivity contribution in [3.8, 4) is 0 Å². The molecular formula is C14H13BrN2O. The van der Waals surface area contributed by atoms with Gasteiger partial charge >= 0.3 is 0 Å². The Morgan fingerprint density at radius 3 is 2.44 bits per heavy atom. The number of carbonyl (C=O) groups is 1. The molecule has 0 unspecified atom stereocenters. The Morgan fingerprint density at radius 2 is 1.83 bits per heavy atom. The first-order valence-electron chi connectivity index (χ1n) is 5.49. The second-order valence-electron chi connectivity index (χ2n) is 4.04. The van der Waals surface area contributed by atoms with Gasteiger partial charge in [-0.3, -0.25) is 4.79 Å². The highest BCUT2D eigenvalue weighted by molar-refractivity contribution is 9.10. The normalized spacial score (nSPS) is 10.1. The van der Waals surface area contributed by atoms with Crippen LogP contribution in [0.5, 0.6) is 0 Å². The number of halogens is 1. The standard InChI is InChI=1S/C14H13BrN2O/c1-9-8-12(6-7-13(9)15)17-14(18)10-2-4-11(16)5-3-10/h2-8H,16H2,1H3,(H,17,18). The number of hydrogen-bond acceptors (Lipinski definition) is 2. The summed E-state index contributed by atoms with van der Waals surface area (Å²) in [6, 6.07) is 12.5. The van der Waals surface area contributed by atoms with Crippen LogP contribution in [-0.4, -0.2) is 5.91 Å². The van der Waals surface area contributed by atoms with Gasteiger partial charge in [0, 0.05) is 21.4 Å². The van der Waals surface area contributed by atoms with Crippen molar-refractivity contribution in [2.75, 3.05) is 11.1 Å². The van der Waals surface area contributed by atoms with Gasteiger partial charge < -0.3 is 11.1 Å². The number of aryl methyl sites for hydroxylation is 1. The molecule has 92 valence electrons. The van der Waals surface area contributed by atoms with E-state index in [0.29, 0.717) is 11.3 Å². The molecule has 3 N–H and O–H groups in total. The quantitative estimate of drug-likeness (QED) is 0.833. The number of anilines is 2. The first-order chi connectivity index (χ1) is 8.56. The fraction of sp³-hybridized carbons (Fsp3) is 0.0714. The molecule has 0 radical (unpaired) electrons. The molecule has 0 aliphatic heterocycles. The van der Waals surface area contributed by atoms with Crippen LogP contribution in [0.2, 0.25) is 0 Å². The predicted molar refractivity (Wildman–Crippen MR) is 77.7 cm³/mol. The number of nitrogens with two attached hydrogens (primary N) is 1. The Kier molecular flexibility index (Phi) is 3.67. The van der Waals surface area contributed by atoms with E-state index in [0.717, 1.165) is 15.7 Å². The Morgan fingerprint density at radius 1 is 1.17 bits per heavy atom. The predicted octanol–water partition coefficient (Wildman–Crippen LogP) is 3.59. The molecule has 18 heavy (non-hydrogen) atoms. The molecule has 2 aromatic rings. The van der Waals surface area contributed by atoms with Gasteiger partial charge in [-0.15, -0.1) is 0 Å². The molecule has 0 saturated heterocycles. The maximum Gasteiger partial charge on any atom is 0.255 e. The van der Waals surface area contributed by atoms with E-state index in [1.54, 1.807) is 24.3 Å². The van der Waals surface area contributed by atoms with Crippen LogP contribution in [-0.2, 0) is 0 Å². The van der Waals surface area contributed by atoms with Crippen LogP contribution >= 0.6 is 15.9 Å². The molecule has 1 amide bonds. The molecule has 0 fully saturated rings. The zero-order chi connectivity index (χ0) is 13.1. The third kappa shape index (κ3) is 2.90. The van der Waals surface area contributed by atoms with Gasteiger partial charge in [-0.05, 0) is 55.0 Å². The van der Waals surface area contributed by atoms with E-state index in [1.165, 1.54) is 0 Å². The number of rotatable bonds is 2. The van der Waals surface area contributed by atoms with E-state index in [-0.39, 0.29) is 5.91 Å². The van der Waals surface area contributed by atoms with Crippen molar-refractivity contribution in [3.63, 3.8) is 0 Å². The van der Waals surface area contributed by atoms with Crippen LogP contribution in [0.25, 0.3) is 0 Å². The number of amides is 1. The molecule has 3 nitrogen and oxygen atoms in total. The van der Waals surface area contributed by atoms with E-state index in [9.17, 15) is 4.79 Å². The second-order valence-corrected chi connectivity index (χ2v) is 4.89. The summed E-state index contributed by atoms with van der Waals surface area (Å²) in [5.41, 5.74) is 8.66. The van der Waals surface area contributed by atoms with E-state index in [2.05, 4.69) is 21.2 Å². The van der Waals surface area contributed by atoms with Crippen LogP contribution in [0, 0.1) is 6.92 Å². The summed E-state index contributed by atoms with van der Waals surface area (Å²) in [6.07, 6.45) is 0. The fourth-order valence-electron chi connectivity index (χ4n) is 1.56. The summed E-state index contributed by atoms with van der Waals surface area (Å²) in [6.45, 7) is 1.98. The minimum absolute atomic E-state index is 0.142. The smallest absolute Gasteiger partial charge is 0.255 e. The Bertz CT molecular complexity index is 579. The van der Waals surface area contributed by atoms with Crippen molar-refractivity contribution in [3.05, 3.63) is 58.1 Å². The lowest BCUT2D eigenvalue weighted by Gasteiger charge is -2.07. The van der Waals surface area contributed by atoms with Gasteiger partial charge in [0.25, 0.3) is 5.91 Å². The van der Waals surface area contributed by atoms with E-state index in [4.69, 9.17) is 5.73 Å². The highest BCUT2D eigenvalue weighted by Crippen LogP contribution is 2.20. The number of nitrogens with one attached hydrogen (secondary N) is 1. The highest BCUT2D eigenvalue weighted by Gasteiger charge is 2.06. The molecule has 4 heteroatoms. The third-order valence-corrected chi connectivity index (χ3v) is 3.48. The molecule has 0 bridgehead atoms. The maximum atomic E-state index is 12.0. The summed E-state index contributed by atoms with van der Waals surface area (Å²) in [5, 5.41) is 2.85. The lowest BCUT2D eigenvalue weighted by molar-refractivity contribution is 0.102. The van der Waals surface area contributed by atoms with E-state index >= 15 is 0 Å². The zero-order valence-corrected chi connectivity index (χ0v) is 11.5. The van der Waals surface area contributed by atoms with Crippen LogP contribution < -0.4 is 11.1 Å². The Balaban J connectivity index is 2.16. The monoisotopic (exact) mass is 304 g/mol. The van der Waals surface area contributed by atoms with Gasteiger partial charge in [-0.2, -0.15) is 0 Å². The van der Waals surface area contributed by atoms with Crippen LogP contribution in [0.4, 0.5) is 11.4 Å². The van der Waals surface area contributed by atoms with Crippen molar-refractivity contribution >= 4 is 33.2 Å². The number of hydrogen-bond donors (Lipinski definition) is 2. The van der Waals surface area contributed by atoms with Crippen molar-refractivity contribution in [2.24, 2.45) is 0 Å². The molecular weight excluding hydrogens is 292 g/mol. The van der Waals surface area contributed by atoms with Gasteiger partial charge in [-0.1, -0.05) is 15.9 Å². The van der Waals surface area contributed by atoms with Crippen molar-refractivity contribution in [2.45, 2.75) is 6.92 Å². The van der Waals surface area contributed by atoms with Crippen molar-refractivity contribution in [1.29, 1.82) is 0 Å². The summed E-state index contributed by atoms with van der Waals surface area (Å²) >= 11 is 3.42. The Hall–Kier alpha value is -1.81. The third-order valence-electron chi connectivity index (χ3n) is 2.59. The first kappa shape index (κ1) is 12.6. The van der Waals surface area contributed by atoms with Crippen molar-refractivity contribution in [1.82, 2.24) is 0 Å². The zero-order valence-electron chi connectivity index (χ0n) is 9.91. The van der Waals surface area contributed by atoms with Crippen molar-refractivity contribution < 1.29 is 4.79 Å². The van der Waals surface area contributed by atoms with E-state index < -0.39 is 0 Å².